The molecule has 35 heavy (non-hydrogen) atoms. The lowest BCUT2D eigenvalue weighted by Crippen LogP contribution is -2.49. The molecule has 184 valence electrons. The van der Waals surface area contributed by atoms with Crippen LogP contribution in [0.25, 0.3) is 0 Å². The molecule has 1 aliphatic heterocycles. The molecule has 0 aromatic heterocycles. The number of non-ortho nitro benzene ring substituents is 1. The van der Waals surface area contributed by atoms with E-state index in [4.69, 9.17) is 4.74 Å². The largest absolute Gasteiger partial charge is 0.463 e. The highest BCUT2D eigenvalue weighted by Gasteiger charge is 2.39. The molecule has 2 aromatic carbocycles. The monoisotopic (exact) mass is 480 g/mol. The Morgan fingerprint density at radius 1 is 1.17 bits per heavy atom. The van der Waals surface area contributed by atoms with Gasteiger partial charge >= 0.3 is 12.0 Å². The average molecular weight is 481 g/mol. The number of rotatable bonds is 9. The summed E-state index contributed by atoms with van der Waals surface area (Å²) in [6.45, 7) is 3.76. The van der Waals surface area contributed by atoms with Crippen molar-refractivity contribution in [2.24, 2.45) is 0 Å². The van der Waals surface area contributed by atoms with Crippen LogP contribution in [0.15, 0.2) is 65.9 Å². The Balaban J connectivity index is 1.89. The zero-order valence-electron chi connectivity index (χ0n) is 19.9. The summed E-state index contributed by atoms with van der Waals surface area (Å²) in [6.07, 6.45) is -0.00265. The minimum atomic E-state index is -0.949. The molecule has 0 saturated carbocycles. The summed E-state index contributed by atoms with van der Waals surface area (Å²) in [7, 11) is 1.68. The van der Waals surface area contributed by atoms with E-state index in [0.29, 0.717) is 17.8 Å². The highest BCUT2D eigenvalue weighted by atomic mass is 16.6. The Labute approximate surface area is 203 Å². The maximum absolute atomic E-state index is 13.0. The van der Waals surface area contributed by atoms with Crippen molar-refractivity contribution in [1.82, 2.24) is 15.1 Å². The first-order valence-corrected chi connectivity index (χ1v) is 11.2. The highest BCUT2D eigenvalue weighted by molar-refractivity contribution is 5.95. The summed E-state index contributed by atoms with van der Waals surface area (Å²) in [5.41, 5.74) is 1.64. The summed E-state index contributed by atoms with van der Waals surface area (Å²) >= 11 is 0. The van der Waals surface area contributed by atoms with Crippen molar-refractivity contribution >= 4 is 23.6 Å². The van der Waals surface area contributed by atoms with E-state index in [-0.39, 0.29) is 36.7 Å². The molecule has 1 atom stereocenters. The van der Waals surface area contributed by atoms with Gasteiger partial charge in [-0.25, -0.2) is 9.59 Å². The lowest BCUT2D eigenvalue weighted by atomic mass is 9.93. The van der Waals surface area contributed by atoms with Gasteiger partial charge in [0.15, 0.2) is 0 Å². The van der Waals surface area contributed by atoms with Crippen LogP contribution in [0.2, 0.25) is 0 Å². The van der Waals surface area contributed by atoms with Gasteiger partial charge in [0.1, 0.15) is 0 Å². The van der Waals surface area contributed by atoms with Gasteiger partial charge < -0.3 is 19.9 Å². The Morgan fingerprint density at radius 2 is 1.89 bits per heavy atom. The van der Waals surface area contributed by atoms with Crippen LogP contribution < -0.4 is 5.32 Å². The lowest BCUT2D eigenvalue weighted by Gasteiger charge is -2.37. The molecule has 10 nitrogen and oxygen atoms in total. The Kier molecular flexibility index (Phi) is 8.19. The third kappa shape index (κ3) is 6.03. The normalized spacial score (nSPS) is 15.5. The minimum Gasteiger partial charge on any atom is -0.463 e. The van der Waals surface area contributed by atoms with Gasteiger partial charge in [-0.2, -0.15) is 0 Å². The number of nitrogens with zero attached hydrogens (tertiary/aromatic N) is 3. The van der Waals surface area contributed by atoms with Crippen LogP contribution in [0, 0.1) is 10.1 Å². The minimum absolute atomic E-state index is 0.00265. The van der Waals surface area contributed by atoms with Gasteiger partial charge in [-0.05, 0) is 25.0 Å². The number of nitro groups is 1. The molecule has 0 bridgehead atoms. The van der Waals surface area contributed by atoms with E-state index < -0.39 is 23.0 Å². The maximum atomic E-state index is 13.0. The zero-order valence-corrected chi connectivity index (χ0v) is 19.9. The maximum Gasteiger partial charge on any atom is 0.338 e. The number of carbonyl (C=O) groups excluding carboxylic acids is 3. The molecule has 1 unspecified atom stereocenters. The number of nitro benzene ring substituents is 1. The molecule has 1 N–H and O–H groups in total. The van der Waals surface area contributed by atoms with Gasteiger partial charge in [0.05, 0.1) is 23.1 Å². The number of ether oxygens (including phenoxy) is 1. The first kappa shape index (κ1) is 25.4. The second kappa shape index (κ2) is 11.3. The number of carbonyl (C=O) groups is 3. The van der Waals surface area contributed by atoms with E-state index in [2.05, 4.69) is 5.32 Å². The number of hydrogen-bond acceptors (Lipinski definition) is 6. The van der Waals surface area contributed by atoms with Crippen molar-refractivity contribution in [2.75, 3.05) is 20.2 Å². The van der Waals surface area contributed by atoms with Crippen LogP contribution in [0.5, 0.6) is 0 Å². The predicted octanol–water partition coefficient (Wildman–Crippen LogP) is 3.55. The molecular weight excluding hydrogens is 452 g/mol. The molecule has 3 rings (SSSR count). The van der Waals surface area contributed by atoms with E-state index in [9.17, 15) is 24.5 Å². The number of allylic oxidation sites excluding steroid dienone is 1. The SMILES string of the molecule is CCOC(=O)C1=C(C)NC(=O)N(CCC(=O)N(C)Cc2ccccc2)C1c1cccc([N+](=O)[O-])c1. The van der Waals surface area contributed by atoms with Crippen molar-refractivity contribution in [1.29, 1.82) is 0 Å². The van der Waals surface area contributed by atoms with Crippen molar-refractivity contribution in [3.63, 3.8) is 0 Å². The lowest BCUT2D eigenvalue weighted by molar-refractivity contribution is -0.384. The summed E-state index contributed by atoms with van der Waals surface area (Å²) in [5.74, 6) is -0.831. The number of urea groups is 1. The fraction of sp³-hybridized carbons (Fsp3) is 0.320. The van der Waals surface area contributed by atoms with Crippen LogP contribution in [0.4, 0.5) is 10.5 Å². The van der Waals surface area contributed by atoms with Crippen LogP contribution in [0.3, 0.4) is 0 Å². The summed E-state index contributed by atoms with van der Waals surface area (Å²) in [5, 5.41) is 14.0. The average Bonchev–Trinajstić information content (AvgIpc) is 2.83. The summed E-state index contributed by atoms with van der Waals surface area (Å²) < 4.78 is 5.21. The molecule has 1 aliphatic rings. The van der Waals surface area contributed by atoms with Gasteiger partial charge in [-0.15, -0.1) is 0 Å². The Hall–Kier alpha value is -4.21. The first-order chi connectivity index (χ1) is 16.7. The second-order valence-electron chi connectivity index (χ2n) is 8.12. The van der Waals surface area contributed by atoms with E-state index >= 15 is 0 Å². The summed E-state index contributed by atoms with van der Waals surface area (Å²) in [4.78, 5) is 52.4. The first-order valence-electron chi connectivity index (χ1n) is 11.2. The van der Waals surface area contributed by atoms with Crippen LogP contribution in [-0.4, -0.2) is 52.8 Å². The second-order valence-corrected chi connectivity index (χ2v) is 8.12. The molecule has 0 radical (unpaired) electrons. The Morgan fingerprint density at radius 3 is 2.54 bits per heavy atom. The van der Waals surface area contributed by atoms with Crippen molar-refractivity contribution in [3.8, 4) is 0 Å². The van der Waals surface area contributed by atoms with Crippen LogP contribution in [-0.2, 0) is 20.9 Å². The van der Waals surface area contributed by atoms with Crippen molar-refractivity contribution in [3.05, 3.63) is 87.1 Å². The zero-order chi connectivity index (χ0) is 25.5. The van der Waals surface area contributed by atoms with E-state index in [1.807, 2.05) is 30.3 Å². The molecule has 0 spiro atoms. The molecule has 0 saturated heterocycles. The fourth-order valence-electron chi connectivity index (χ4n) is 3.99. The smallest absolute Gasteiger partial charge is 0.338 e. The van der Waals surface area contributed by atoms with Crippen molar-refractivity contribution in [2.45, 2.75) is 32.9 Å². The third-order valence-electron chi connectivity index (χ3n) is 5.69. The van der Waals surface area contributed by atoms with E-state index in [0.717, 1.165) is 5.56 Å². The number of hydrogen-bond donors (Lipinski definition) is 1. The van der Waals surface area contributed by atoms with E-state index in [1.54, 1.807) is 31.9 Å². The number of benzene rings is 2. The van der Waals surface area contributed by atoms with Crippen LogP contribution in [0.1, 0.15) is 37.4 Å². The van der Waals surface area contributed by atoms with Gasteiger partial charge in [-0.3, -0.25) is 14.9 Å². The third-order valence-corrected chi connectivity index (χ3v) is 5.69. The van der Waals surface area contributed by atoms with Crippen LogP contribution >= 0.6 is 0 Å². The van der Waals surface area contributed by atoms with Gasteiger partial charge in [-0.1, -0.05) is 42.5 Å². The molecular formula is C25H28N4O6. The predicted molar refractivity (Wildman–Crippen MR) is 128 cm³/mol. The molecule has 3 amide bonds. The highest BCUT2D eigenvalue weighted by Crippen LogP contribution is 2.35. The topological polar surface area (TPSA) is 122 Å². The summed E-state index contributed by atoms with van der Waals surface area (Å²) in [6, 6.07) is 13.8. The van der Waals surface area contributed by atoms with E-state index in [1.165, 1.54) is 23.1 Å². The van der Waals surface area contributed by atoms with Gasteiger partial charge in [0.2, 0.25) is 5.91 Å². The van der Waals surface area contributed by atoms with Crippen molar-refractivity contribution < 1.29 is 24.0 Å². The molecule has 0 aliphatic carbocycles. The fourth-order valence-corrected chi connectivity index (χ4v) is 3.99. The number of amides is 3. The van der Waals surface area contributed by atoms with Gasteiger partial charge in [0, 0.05) is 44.4 Å². The molecule has 0 fully saturated rings. The van der Waals surface area contributed by atoms with Gasteiger partial charge in [0.25, 0.3) is 5.69 Å². The molecule has 1 heterocycles. The number of esters is 1. The molecule has 2 aromatic rings. The number of nitrogens with one attached hydrogen (secondary N) is 1. The standard InChI is InChI=1S/C25H28N4O6/c1-4-35-24(31)22-17(2)26-25(32)28(23(22)19-11-8-12-20(15-19)29(33)34)14-13-21(30)27(3)16-18-9-6-5-7-10-18/h5-12,15,23H,4,13-14,16H2,1-3H3,(H,26,32). The molecule has 10 heteroatoms. The quantitative estimate of drug-likeness (QED) is 0.333. The Bertz CT molecular complexity index is 1150.